The van der Waals surface area contributed by atoms with Gasteiger partial charge in [-0.3, -0.25) is 9.58 Å². The minimum absolute atomic E-state index is 0.0486. The van der Waals surface area contributed by atoms with E-state index in [1.807, 2.05) is 11.6 Å². The molecule has 3 rings (SSSR count). The van der Waals surface area contributed by atoms with Crippen molar-refractivity contribution < 1.29 is 9.47 Å². The molecule has 6 nitrogen and oxygen atoms in total. The molecule has 1 atom stereocenters. The summed E-state index contributed by atoms with van der Waals surface area (Å²) in [5.74, 6) is 0. The molecule has 2 fully saturated rings. The monoisotopic (exact) mass is 252 g/mol. The summed E-state index contributed by atoms with van der Waals surface area (Å²) in [5, 5.41) is 4.37. The van der Waals surface area contributed by atoms with Gasteiger partial charge in [-0.1, -0.05) is 0 Å². The molecular formula is C12H20N4O2. The van der Waals surface area contributed by atoms with Crippen molar-refractivity contribution >= 4 is 5.69 Å². The Balaban J connectivity index is 1.59. The number of hydrogen-bond donors (Lipinski definition) is 1. The van der Waals surface area contributed by atoms with Crippen molar-refractivity contribution in [2.45, 2.75) is 25.7 Å². The van der Waals surface area contributed by atoms with Crippen molar-refractivity contribution in [1.82, 2.24) is 14.7 Å². The number of aromatic nitrogens is 2. The Morgan fingerprint density at radius 2 is 2.22 bits per heavy atom. The van der Waals surface area contributed by atoms with Gasteiger partial charge < -0.3 is 15.2 Å². The molecule has 2 aliphatic heterocycles. The number of ether oxygens (including phenoxy) is 2. The van der Waals surface area contributed by atoms with Crippen LogP contribution in [0.25, 0.3) is 0 Å². The Kier molecular flexibility index (Phi) is 3.23. The first-order chi connectivity index (χ1) is 8.74. The van der Waals surface area contributed by atoms with Crippen LogP contribution in [0.3, 0.4) is 0 Å². The molecule has 0 spiro atoms. The molecule has 2 N–H and O–H groups in total. The van der Waals surface area contributed by atoms with E-state index in [0.717, 1.165) is 50.7 Å². The molecule has 18 heavy (non-hydrogen) atoms. The van der Waals surface area contributed by atoms with Crippen molar-refractivity contribution in [3.05, 3.63) is 11.9 Å². The Hall–Kier alpha value is -1.11. The molecule has 1 unspecified atom stereocenters. The van der Waals surface area contributed by atoms with Gasteiger partial charge in [-0.05, 0) is 13.3 Å². The maximum absolute atomic E-state index is 5.84. The number of rotatable bonds is 3. The second-order valence-corrected chi connectivity index (χ2v) is 5.00. The van der Waals surface area contributed by atoms with Crippen LogP contribution in [0.4, 0.5) is 5.69 Å². The van der Waals surface area contributed by atoms with Crippen LogP contribution >= 0.6 is 0 Å². The van der Waals surface area contributed by atoms with E-state index >= 15 is 0 Å². The van der Waals surface area contributed by atoms with Crippen LogP contribution in [-0.2, 0) is 9.47 Å². The molecule has 2 aliphatic rings. The van der Waals surface area contributed by atoms with Gasteiger partial charge >= 0.3 is 0 Å². The van der Waals surface area contributed by atoms with E-state index in [-0.39, 0.29) is 6.29 Å². The highest BCUT2D eigenvalue weighted by atomic mass is 16.7. The summed E-state index contributed by atoms with van der Waals surface area (Å²) in [6, 6.07) is 0.420. The molecule has 3 heterocycles. The Bertz CT molecular complexity index is 414. The lowest BCUT2D eigenvalue weighted by molar-refractivity contribution is -0.0589. The van der Waals surface area contributed by atoms with E-state index in [9.17, 15) is 0 Å². The zero-order chi connectivity index (χ0) is 12.5. The molecule has 1 aromatic heterocycles. The zero-order valence-electron chi connectivity index (χ0n) is 10.7. The summed E-state index contributed by atoms with van der Waals surface area (Å²) in [6.07, 6.45) is 2.79. The van der Waals surface area contributed by atoms with Crippen LogP contribution in [0.1, 0.15) is 18.2 Å². The number of nitrogen functional groups attached to an aromatic ring is 1. The number of hydrogen-bond acceptors (Lipinski definition) is 5. The Labute approximate surface area is 107 Å². The van der Waals surface area contributed by atoms with E-state index in [1.165, 1.54) is 0 Å². The van der Waals surface area contributed by atoms with Crippen LogP contribution in [0.2, 0.25) is 0 Å². The average Bonchev–Trinajstić information content (AvgIpc) is 3.05. The van der Waals surface area contributed by atoms with Gasteiger partial charge in [0, 0.05) is 19.6 Å². The van der Waals surface area contributed by atoms with E-state index in [1.54, 1.807) is 6.20 Å². The second-order valence-electron chi connectivity index (χ2n) is 5.00. The highest BCUT2D eigenvalue weighted by Crippen LogP contribution is 2.25. The highest BCUT2D eigenvalue weighted by Gasteiger charge is 2.29. The normalized spacial score (nSPS) is 26.2. The predicted octanol–water partition coefficient (Wildman–Crippen LogP) is 0.393. The molecule has 1 aromatic rings. The third kappa shape index (κ3) is 2.23. The van der Waals surface area contributed by atoms with E-state index < -0.39 is 0 Å². The van der Waals surface area contributed by atoms with Gasteiger partial charge in [0.2, 0.25) is 0 Å². The standard InChI is InChI=1S/C12H20N4O2/c1-9-11(13)6-14-16(9)10-2-3-15(7-10)8-12-17-4-5-18-12/h6,10,12H,2-5,7-8,13H2,1H3. The fraction of sp³-hybridized carbons (Fsp3) is 0.750. The van der Waals surface area contributed by atoms with Gasteiger partial charge in [-0.2, -0.15) is 5.10 Å². The third-order valence-electron chi connectivity index (χ3n) is 3.77. The first-order valence-corrected chi connectivity index (χ1v) is 6.49. The molecule has 0 amide bonds. The van der Waals surface area contributed by atoms with Gasteiger partial charge in [-0.25, -0.2) is 0 Å². The largest absolute Gasteiger partial charge is 0.396 e. The predicted molar refractivity (Wildman–Crippen MR) is 67.2 cm³/mol. The highest BCUT2D eigenvalue weighted by molar-refractivity contribution is 5.39. The number of nitrogens with zero attached hydrogens (tertiary/aromatic N) is 3. The number of likely N-dealkylation sites (tertiary alicyclic amines) is 1. The number of nitrogens with two attached hydrogens (primary N) is 1. The quantitative estimate of drug-likeness (QED) is 0.843. The summed E-state index contributed by atoms with van der Waals surface area (Å²) in [4.78, 5) is 2.37. The minimum Gasteiger partial charge on any atom is -0.396 e. The van der Waals surface area contributed by atoms with Gasteiger partial charge in [-0.15, -0.1) is 0 Å². The van der Waals surface area contributed by atoms with Crippen LogP contribution < -0.4 is 5.73 Å². The molecule has 0 bridgehead atoms. The van der Waals surface area contributed by atoms with Crippen LogP contribution in [0.5, 0.6) is 0 Å². The second kappa shape index (κ2) is 4.87. The van der Waals surface area contributed by atoms with Crippen LogP contribution in [0, 0.1) is 6.92 Å². The first kappa shape index (κ1) is 12.0. The summed E-state index contributed by atoms with van der Waals surface area (Å²) in [7, 11) is 0. The lowest BCUT2D eigenvalue weighted by Crippen LogP contribution is -2.31. The fourth-order valence-corrected chi connectivity index (χ4v) is 2.71. The number of anilines is 1. The molecule has 0 aromatic carbocycles. The first-order valence-electron chi connectivity index (χ1n) is 6.49. The molecule has 2 saturated heterocycles. The third-order valence-corrected chi connectivity index (χ3v) is 3.77. The maximum atomic E-state index is 5.84. The molecule has 6 heteroatoms. The SMILES string of the molecule is Cc1c(N)cnn1C1CCN(CC2OCCO2)C1. The van der Waals surface area contributed by atoms with E-state index in [0.29, 0.717) is 6.04 Å². The lowest BCUT2D eigenvalue weighted by Gasteiger charge is -2.19. The van der Waals surface area contributed by atoms with E-state index in [4.69, 9.17) is 15.2 Å². The summed E-state index contributed by atoms with van der Waals surface area (Å²) < 4.78 is 13.0. The van der Waals surface area contributed by atoms with Gasteiger partial charge in [0.25, 0.3) is 0 Å². The topological polar surface area (TPSA) is 65.5 Å². The van der Waals surface area contributed by atoms with Crippen molar-refractivity contribution in [1.29, 1.82) is 0 Å². The molecule has 0 radical (unpaired) electrons. The van der Waals surface area contributed by atoms with E-state index in [2.05, 4.69) is 10.00 Å². The van der Waals surface area contributed by atoms with Gasteiger partial charge in [0.1, 0.15) is 0 Å². The van der Waals surface area contributed by atoms with Crippen molar-refractivity contribution in [3.63, 3.8) is 0 Å². The molecule has 0 saturated carbocycles. The summed E-state index contributed by atoms with van der Waals surface area (Å²) in [5.41, 5.74) is 7.68. The zero-order valence-corrected chi connectivity index (χ0v) is 10.7. The van der Waals surface area contributed by atoms with Gasteiger partial charge in [0.15, 0.2) is 6.29 Å². The van der Waals surface area contributed by atoms with Crippen molar-refractivity contribution in [2.24, 2.45) is 0 Å². The van der Waals surface area contributed by atoms with Crippen LogP contribution in [-0.4, -0.2) is 53.8 Å². The summed E-state index contributed by atoms with van der Waals surface area (Å²) in [6.45, 7) is 6.37. The maximum Gasteiger partial charge on any atom is 0.170 e. The van der Waals surface area contributed by atoms with Crippen molar-refractivity contribution in [2.75, 3.05) is 38.6 Å². The molecule has 0 aliphatic carbocycles. The smallest absolute Gasteiger partial charge is 0.170 e. The van der Waals surface area contributed by atoms with Crippen molar-refractivity contribution in [3.8, 4) is 0 Å². The van der Waals surface area contributed by atoms with Crippen LogP contribution in [0.15, 0.2) is 6.20 Å². The fourth-order valence-electron chi connectivity index (χ4n) is 2.71. The molecular weight excluding hydrogens is 232 g/mol. The summed E-state index contributed by atoms with van der Waals surface area (Å²) >= 11 is 0. The average molecular weight is 252 g/mol. The lowest BCUT2D eigenvalue weighted by atomic mass is 10.2. The Morgan fingerprint density at radius 1 is 1.44 bits per heavy atom. The molecule has 100 valence electrons. The van der Waals surface area contributed by atoms with Gasteiger partial charge in [0.05, 0.1) is 36.8 Å². The minimum atomic E-state index is -0.0486. The Morgan fingerprint density at radius 3 is 2.89 bits per heavy atom.